The molecule has 7 heteroatoms. The Morgan fingerprint density at radius 2 is 1.94 bits per heavy atom. The average Bonchev–Trinajstić information content (AvgIpc) is 2.35. The predicted octanol–water partition coefficient (Wildman–Crippen LogP) is 2.58. The Hall–Kier alpha value is -0.110. The highest BCUT2D eigenvalue weighted by molar-refractivity contribution is 14.1. The third kappa shape index (κ3) is 4.53. The number of benzene rings is 1. The van der Waals surface area contributed by atoms with Crippen molar-refractivity contribution in [3.8, 4) is 0 Å². The molecule has 2 N–H and O–H groups in total. The Bertz CT molecular complexity index is 403. The maximum absolute atomic E-state index is 12.8. The smallest absolute Gasteiger partial charge is 0.253 e. The molecule has 0 saturated carbocycles. The van der Waals surface area contributed by atoms with Crippen molar-refractivity contribution < 1.29 is 14.3 Å². The minimum Gasteiger partial charge on any atom is -0.386 e. The van der Waals surface area contributed by atoms with Gasteiger partial charge in [0.15, 0.2) is 4.84 Å². The number of carbonyl (C=O) groups is 1. The second-order valence-corrected chi connectivity index (χ2v) is 5.91. The van der Waals surface area contributed by atoms with Gasteiger partial charge in [-0.15, -0.1) is 0 Å². The molecule has 0 aliphatic heterocycles. The van der Waals surface area contributed by atoms with Crippen molar-refractivity contribution in [3.05, 3.63) is 33.4 Å². The Kier molecular flexibility index (Phi) is 6.62. The first-order valence-corrected chi connectivity index (χ1v) is 6.99. The first-order chi connectivity index (χ1) is 8.45. The fourth-order valence-electron chi connectivity index (χ4n) is 1.34. The maximum atomic E-state index is 12.8. The quantitative estimate of drug-likeness (QED) is 0.584. The van der Waals surface area contributed by atoms with Gasteiger partial charge in [-0.25, -0.2) is 4.39 Å². The van der Waals surface area contributed by atoms with Crippen molar-refractivity contribution in [3.63, 3.8) is 0 Å². The molecule has 100 valence electrons. The van der Waals surface area contributed by atoms with E-state index in [0.29, 0.717) is 5.56 Å². The first-order valence-electron chi connectivity index (χ1n) is 5.03. The first kappa shape index (κ1) is 15.9. The van der Waals surface area contributed by atoms with E-state index in [1.54, 1.807) is 24.3 Å². The highest BCUT2D eigenvalue weighted by Gasteiger charge is 2.24. The van der Waals surface area contributed by atoms with E-state index < -0.39 is 29.6 Å². The third-order valence-corrected chi connectivity index (χ3v) is 3.40. The van der Waals surface area contributed by atoms with E-state index in [-0.39, 0.29) is 0 Å². The lowest BCUT2D eigenvalue weighted by molar-refractivity contribution is -0.121. The molecule has 18 heavy (non-hydrogen) atoms. The molecule has 2 atom stereocenters. The lowest BCUT2D eigenvalue weighted by atomic mass is 10.0. The van der Waals surface area contributed by atoms with Gasteiger partial charge >= 0.3 is 0 Å². The largest absolute Gasteiger partial charge is 0.386 e. The SMILES string of the molecule is O=C(N[C@H](CF)[C@@H](O)c1ccc(I)cc1)C(Cl)Cl. The highest BCUT2D eigenvalue weighted by atomic mass is 127. The summed E-state index contributed by atoms with van der Waals surface area (Å²) in [6.07, 6.45) is -1.15. The zero-order valence-electron chi connectivity index (χ0n) is 9.12. The monoisotopic (exact) mass is 405 g/mol. The summed E-state index contributed by atoms with van der Waals surface area (Å²) < 4.78 is 13.8. The number of hydrogen-bond acceptors (Lipinski definition) is 2. The van der Waals surface area contributed by atoms with Crippen molar-refractivity contribution >= 4 is 51.7 Å². The number of carbonyl (C=O) groups excluding carboxylic acids is 1. The second-order valence-electron chi connectivity index (χ2n) is 3.57. The summed E-state index contributed by atoms with van der Waals surface area (Å²) in [7, 11) is 0. The molecule has 0 spiro atoms. The fourth-order valence-corrected chi connectivity index (χ4v) is 1.83. The number of nitrogens with one attached hydrogen (secondary N) is 1. The molecule has 3 nitrogen and oxygen atoms in total. The number of aliphatic hydroxyl groups excluding tert-OH is 1. The number of aliphatic hydroxyl groups is 1. The molecule has 1 aromatic rings. The third-order valence-electron chi connectivity index (χ3n) is 2.28. The highest BCUT2D eigenvalue weighted by Crippen LogP contribution is 2.19. The van der Waals surface area contributed by atoms with Crippen LogP contribution in [0, 0.1) is 3.57 Å². The van der Waals surface area contributed by atoms with Gasteiger partial charge in [0.05, 0.1) is 6.04 Å². The van der Waals surface area contributed by atoms with Crippen LogP contribution in [0.2, 0.25) is 0 Å². The molecule has 0 heterocycles. The minimum absolute atomic E-state index is 0.513. The van der Waals surface area contributed by atoms with E-state index in [1.165, 1.54) is 0 Å². The molecular formula is C11H11Cl2FINO2. The summed E-state index contributed by atoms with van der Waals surface area (Å²) in [5.41, 5.74) is 0.513. The van der Waals surface area contributed by atoms with Crippen molar-refractivity contribution in [1.82, 2.24) is 5.32 Å². The molecule has 1 rings (SSSR count). The Morgan fingerprint density at radius 1 is 1.39 bits per heavy atom. The van der Waals surface area contributed by atoms with Gasteiger partial charge in [0.25, 0.3) is 5.91 Å². The van der Waals surface area contributed by atoms with Crippen molar-refractivity contribution in [2.45, 2.75) is 17.0 Å². The molecule has 0 aliphatic rings. The second kappa shape index (κ2) is 7.47. The maximum Gasteiger partial charge on any atom is 0.253 e. The zero-order valence-corrected chi connectivity index (χ0v) is 12.8. The van der Waals surface area contributed by atoms with E-state index >= 15 is 0 Å². The molecular weight excluding hydrogens is 395 g/mol. The summed E-state index contributed by atoms with van der Waals surface area (Å²) in [6.45, 7) is -0.917. The van der Waals surface area contributed by atoms with Crippen molar-refractivity contribution in [1.29, 1.82) is 0 Å². The molecule has 0 aromatic heterocycles. The fraction of sp³-hybridized carbons (Fsp3) is 0.364. The summed E-state index contributed by atoms with van der Waals surface area (Å²) in [5, 5.41) is 12.2. The van der Waals surface area contributed by atoms with Crippen LogP contribution < -0.4 is 5.32 Å². The van der Waals surface area contributed by atoms with E-state index in [1.807, 2.05) is 0 Å². The zero-order chi connectivity index (χ0) is 13.7. The molecule has 0 unspecified atom stereocenters. The molecule has 1 amide bonds. The average molecular weight is 406 g/mol. The van der Waals surface area contributed by atoms with Gasteiger partial charge in [0, 0.05) is 3.57 Å². The Labute approximate surface area is 128 Å². The van der Waals surface area contributed by atoms with E-state index in [2.05, 4.69) is 27.9 Å². The molecule has 0 saturated heterocycles. The lowest BCUT2D eigenvalue weighted by Gasteiger charge is -2.22. The van der Waals surface area contributed by atoms with Crippen LogP contribution in [0.5, 0.6) is 0 Å². The number of halogens is 4. The van der Waals surface area contributed by atoms with Crippen LogP contribution in [0.1, 0.15) is 11.7 Å². The topological polar surface area (TPSA) is 49.3 Å². The molecule has 0 radical (unpaired) electrons. The van der Waals surface area contributed by atoms with Gasteiger partial charge in [-0.1, -0.05) is 35.3 Å². The summed E-state index contributed by atoms with van der Waals surface area (Å²) >= 11 is 12.8. The van der Waals surface area contributed by atoms with Crippen LogP contribution in [0.25, 0.3) is 0 Å². The normalized spacial score (nSPS) is 14.3. The number of hydrogen-bond donors (Lipinski definition) is 2. The van der Waals surface area contributed by atoms with Crippen molar-refractivity contribution in [2.24, 2.45) is 0 Å². The predicted molar refractivity (Wildman–Crippen MR) is 77.5 cm³/mol. The standard InChI is InChI=1S/C11H11Cl2FINO2/c12-10(13)11(18)16-8(5-14)9(17)6-1-3-7(15)4-2-6/h1-4,8-10,17H,5H2,(H,16,18)/t8-,9+/m1/s1. The summed E-state index contributed by atoms with van der Waals surface area (Å²) in [5.74, 6) is -0.731. The molecule has 0 bridgehead atoms. The summed E-state index contributed by atoms with van der Waals surface area (Å²) in [6, 6.07) is 5.82. The van der Waals surface area contributed by atoms with Crippen LogP contribution >= 0.6 is 45.8 Å². The number of alkyl halides is 3. The van der Waals surface area contributed by atoms with E-state index in [9.17, 15) is 14.3 Å². The van der Waals surface area contributed by atoms with Gasteiger partial charge in [0.2, 0.25) is 0 Å². The minimum atomic E-state index is -1.29. The van der Waals surface area contributed by atoms with Crippen LogP contribution in [-0.4, -0.2) is 28.6 Å². The van der Waals surface area contributed by atoms with E-state index in [0.717, 1.165) is 3.57 Å². The van der Waals surface area contributed by atoms with Gasteiger partial charge in [-0.05, 0) is 40.3 Å². The van der Waals surface area contributed by atoms with E-state index in [4.69, 9.17) is 23.2 Å². The molecule has 0 aliphatic carbocycles. The van der Waals surface area contributed by atoms with Crippen LogP contribution in [0.15, 0.2) is 24.3 Å². The Balaban J connectivity index is 2.75. The summed E-state index contributed by atoms with van der Waals surface area (Å²) in [4.78, 5) is 9.96. The molecule has 0 fully saturated rings. The lowest BCUT2D eigenvalue weighted by Crippen LogP contribution is -2.43. The van der Waals surface area contributed by atoms with Crippen LogP contribution in [-0.2, 0) is 4.79 Å². The Morgan fingerprint density at radius 3 is 2.39 bits per heavy atom. The van der Waals surface area contributed by atoms with Crippen LogP contribution in [0.4, 0.5) is 4.39 Å². The van der Waals surface area contributed by atoms with Gasteiger partial charge < -0.3 is 10.4 Å². The van der Waals surface area contributed by atoms with Gasteiger partial charge in [-0.3, -0.25) is 4.79 Å². The van der Waals surface area contributed by atoms with Gasteiger partial charge in [0.1, 0.15) is 12.8 Å². The van der Waals surface area contributed by atoms with Crippen molar-refractivity contribution in [2.75, 3.05) is 6.67 Å². The molecule has 1 aromatic carbocycles. The number of rotatable bonds is 5. The van der Waals surface area contributed by atoms with Gasteiger partial charge in [-0.2, -0.15) is 0 Å². The van der Waals surface area contributed by atoms with Crippen LogP contribution in [0.3, 0.4) is 0 Å². The number of amides is 1.